The molecule has 7 aromatic carbocycles. The lowest BCUT2D eigenvalue weighted by molar-refractivity contribution is -0.0399. The molecular weight excluding hydrogens is 655 g/mol. The van der Waals surface area contributed by atoms with E-state index in [1.54, 1.807) is 11.1 Å². The highest BCUT2D eigenvalue weighted by Gasteiger charge is 2.61. The molecule has 1 spiro atoms. The van der Waals surface area contributed by atoms with E-state index in [1.807, 2.05) is 0 Å². The zero-order valence-corrected chi connectivity index (χ0v) is 30.3. The Kier molecular flexibility index (Phi) is 6.55. The molecule has 5 aliphatic carbocycles. The second kappa shape index (κ2) is 11.6. The Morgan fingerprint density at radius 1 is 0.444 bits per heavy atom. The fraction of sp³-hybridized carbons (Fsp3) is 0.192. The van der Waals surface area contributed by atoms with Crippen LogP contribution in [-0.4, -0.2) is 0 Å². The first-order valence-corrected chi connectivity index (χ1v) is 19.9. The third-order valence-corrected chi connectivity index (χ3v) is 13.8. The number of benzene rings is 7. The molecule has 0 aliphatic heterocycles. The largest absolute Gasteiger partial charge is 0.455 e. The summed E-state index contributed by atoms with van der Waals surface area (Å²) in [5, 5.41) is 2.31. The lowest BCUT2D eigenvalue weighted by Gasteiger charge is -2.61. The summed E-state index contributed by atoms with van der Waals surface area (Å²) in [5.41, 5.74) is 16.3. The summed E-state index contributed by atoms with van der Waals surface area (Å²) in [7, 11) is 0. The monoisotopic (exact) mass is 695 g/mol. The number of anilines is 3. The Morgan fingerprint density at radius 2 is 1.07 bits per heavy atom. The lowest BCUT2D eigenvalue weighted by atomic mass is 9.43. The van der Waals surface area contributed by atoms with Crippen molar-refractivity contribution in [1.82, 2.24) is 0 Å². The summed E-state index contributed by atoms with van der Waals surface area (Å²) in [4.78, 5) is 2.53. The smallest absolute Gasteiger partial charge is 0.143 e. The SMILES string of the molecule is c1ccc(-c2ccccc2N(c2cccc(-c3cccc4c3oc3ccccc34)c2)c2ccc3c(c2)C2(c4ccccc4-3)C3CC4CC(C3)CC2C4)cc1. The molecule has 1 aromatic heterocycles. The van der Waals surface area contributed by atoms with Gasteiger partial charge in [0.1, 0.15) is 11.2 Å². The second-order valence-corrected chi connectivity index (χ2v) is 16.5. The topological polar surface area (TPSA) is 16.4 Å². The van der Waals surface area contributed by atoms with Crippen molar-refractivity contribution in [2.75, 3.05) is 4.90 Å². The van der Waals surface area contributed by atoms with Gasteiger partial charge in [-0.05, 0) is 126 Å². The van der Waals surface area contributed by atoms with Gasteiger partial charge in [-0.3, -0.25) is 0 Å². The van der Waals surface area contributed by atoms with Crippen LogP contribution in [0, 0.1) is 23.7 Å². The summed E-state index contributed by atoms with van der Waals surface area (Å²) in [5.74, 6) is 3.24. The molecule has 0 amide bonds. The lowest BCUT2D eigenvalue weighted by Crippen LogP contribution is -2.55. The fourth-order valence-electron chi connectivity index (χ4n) is 12.0. The van der Waals surface area contributed by atoms with Crippen molar-refractivity contribution in [3.05, 3.63) is 175 Å². The summed E-state index contributed by atoms with van der Waals surface area (Å²) in [6.45, 7) is 0. The van der Waals surface area contributed by atoms with E-state index >= 15 is 0 Å². The van der Waals surface area contributed by atoms with E-state index in [1.165, 1.54) is 65.7 Å². The van der Waals surface area contributed by atoms with Crippen molar-refractivity contribution in [2.45, 2.75) is 37.5 Å². The van der Waals surface area contributed by atoms with Crippen molar-refractivity contribution in [2.24, 2.45) is 23.7 Å². The maximum Gasteiger partial charge on any atom is 0.143 e. The number of rotatable bonds is 5. The van der Waals surface area contributed by atoms with Crippen LogP contribution in [0.25, 0.3) is 55.3 Å². The molecule has 0 radical (unpaired) electrons. The maximum absolute atomic E-state index is 6.56. The van der Waals surface area contributed by atoms with E-state index in [0.29, 0.717) is 11.8 Å². The zero-order chi connectivity index (χ0) is 35.4. The Bertz CT molecular complexity index is 2730. The van der Waals surface area contributed by atoms with Gasteiger partial charge in [-0.2, -0.15) is 0 Å². The fourth-order valence-corrected chi connectivity index (χ4v) is 12.0. The summed E-state index contributed by atoms with van der Waals surface area (Å²) >= 11 is 0. The van der Waals surface area contributed by atoms with Crippen molar-refractivity contribution in [3.63, 3.8) is 0 Å². The Hall–Kier alpha value is -5.86. The highest BCUT2D eigenvalue weighted by Crippen LogP contribution is 2.69. The molecule has 2 heteroatoms. The molecule has 0 N–H and O–H groups in total. The average molecular weight is 696 g/mol. The Morgan fingerprint density at radius 3 is 1.93 bits per heavy atom. The van der Waals surface area contributed by atoms with Gasteiger partial charge in [0.25, 0.3) is 0 Å². The average Bonchev–Trinajstić information content (AvgIpc) is 3.74. The van der Waals surface area contributed by atoms with Crippen molar-refractivity contribution < 1.29 is 4.42 Å². The van der Waals surface area contributed by atoms with E-state index in [0.717, 1.165) is 50.6 Å². The molecule has 4 saturated carbocycles. The van der Waals surface area contributed by atoms with Gasteiger partial charge in [0.15, 0.2) is 0 Å². The minimum Gasteiger partial charge on any atom is -0.455 e. The van der Waals surface area contributed by atoms with E-state index in [-0.39, 0.29) is 5.41 Å². The first-order valence-electron chi connectivity index (χ1n) is 19.9. The van der Waals surface area contributed by atoms with Crippen LogP contribution in [-0.2, 0) is 5.41 Å². The van der Waals surface area contributed by atoms with Gasteiger partial charge < -0.3 is 9.32 Å². The van der Waals surface area contributed by atoms with Crippen LogP contribution in [0.3, 0.4) is 0 Å². The standard InChI is InChI=1S/C52H41NO/c1-2-12-35(13-3-1)41-16-5-8-22-49(41)53(39-15-10-14-36(31-39)42-19-11-20-46-45-18-6-9-23-50(45)54-51(42)46)40-24-25-44-43-17-4-7-21-47(43)52(48(44)32-40)37-27-33-26-34(29-37)30-38(52)28-33/h1-25,31-34,37-38H,26-30H2. The molecule has 13 rings (SSSR count). The minimum atomic E-state index is 0.0960. The molecule has 0 atom stereocenters. The summed E-state index contributed by atoms with van der Waals surface area (Å²) in [6.07, 6.45) is 6.96. The number of para-hydroxylation sites is 3. The van der Waals surface area contributed by atoms with Gasteiger partial charge in [-0.15, -0.1) is 0 Å². The Balaban J connectivity index is 1.08. The molecule has 1 heterocycles. The number of hydrogen-bond acceptors (Lipinski definition) is 2. The molecule has 0 unspecified atom stereocenters. The summed E-state index contributed by atoms with van der Waals surface area (Å²) < 4.78 is 6.56. The first kappa shape index (κ1) is 30.6. The van der Waals surface area contributed by atoms with Gasteiger partial charge in [0.05, 0.1) is 5.69 Å². The number of nitrogens with zero attached hydrogens (tertiary/aromatic N) is 1. The van der Waals surface area contributed by atoms with E-state index < -0.39 is 0 Å². The minimum absolute atomic E-state index is 0.0960. The van der Waals surface area contributed by atoms with Crippen molar-refractivity contribution >= 4 is 39.0 Å². The zero-order valence-electron chi connectivity index (χ0n) is 30.3. The van der Waals surface area contributed by atoms with Gasteiger partial charge in [-0.1, -0.05) is 127 Å². The third kappa shape index (κ3) is 4.28. The maximum atomic E-state index is 6.56. The van der Waals surface area contributed by atoms with Gasteiger partial charge in [-0.25, -0.2) is 0 Å². The van der Waals surface area contributed by atoms with Crippen LogP contribution >= 0.6 is 0 Å². The number of fused-ring (bicyclic) bond motifs is 6. The van der Waals surface area contributed by atoms with E-state index in [2.05, 4.69) is 169 Å². The summed E-state index contributed by atoms with van der Waals surface area (Å²) in [6, 6.07) is 60.7. The predicted octanol–water partition coefficient (Wildman–Crippen LogP) is 14.1. The molecule has 4 fully saturated rings. The van der Waals surface area contributed by atoms with E-state index in [4.69, 9.17) is 4.42 Å². The molecular formula is C52H41NO. The number of furan rings is 1. The number of hydrogen-bond donors (Lipinski definition) is 0. The van der Waals surface area contributed by atoms with Gasteiger partial charge in [0, 0.05) is 38.7 Å². The molecule has 260 valence electrons. The molecule has 54 heavy (non-hydrogen) atoms. The first-order chi connectivity index (χ1) is 26.7. The Labute approximate surface area is 316 Å². The van der Waals surface area contributed by atoms with Crippen molar-refractivity contribution in [1.29, 1.82) is 0 Å². The van der Waals surface area contributed by atoms with Crippen LogP contribution in [0.2, 0.25) is 0 Å². The van der Waals surface area contributed by atoms with Crippen molar-refractivity contribution in [3.8, 4) is 33.4 Å². The normalized spacial score (nSPS) is 23.3. The van der Waals surface area contributed by atoms with Crippen LogP contribution in [0.15, 0.2) is 168 Å². The molecule has 2 nitrogen and oxygen atoms in total. The molecule has 5 aliphatic rings. The highest BCUT2D eigenvalue weighted by atomic mass is 16.3. The van der Waals surface area contributed by atoms with Gasteiger partial charge >= 0.3 is 0 Å². The highest BCUT2D eigenvalue weighted by molar-refractivity contribution is 6.09. The van der Waals surface area contributed by atoms with Crippen LogP contribution in [0.5, 0.6) is 0 Å². The van der Waals surface area contributed by atoms with Crippen LogP contribution in [0.1, 0.15) is 43.2 Å². The predicted molar refractivity (Wildman–Crippen MR) is 223 cm³/mol. The van der Waals surface area contributed by atoms with Crippen LogP contribution < -0.4 is 4.90 Å². The second-order valence-electron chi connectivity index (χ2n) is 16.5. The molecule has 4 bridgehead atoms. The molecule has 0 saturated heterocycles. The quantitative estimate of drug-likeness (QED) is 0.178. The third-order valence-electron chi connectivity index (χ3n) is 13.8. The molecule has 8 aromatic rings. The van der Waals surface area contributed by atoms with Crippen LogP contribution in [0.4, 0.5) is 17.1 Å². The van der Waals surface area contributed by atoms with Gasteiger partial charge in [0.2, 0.25) is 0 Å². The van der Waals surface area contributed by atoms with E-state index in [9.17, 15) is 0 Å².